The first-order chi connectivity index (χ1) is 15.0. The SMILES string of the molecule is O=C(NC(C(=O)N1CC(C(=O)O)C1)C1CC1)OCC1c2ccccc2-c2ccccc21. The predicted molar refractivity (Wildman–Crippen MR) is 112 cm³/mol. The summed E-state index contributed by atoms with van der Waals surface area (Å²) >= 11 is 0. The lowest BCUT2D eigenvalue weighted by Crippen LogP contribution is -2.59. The number of hydrogen-bond acceptors (Lipinski definition) is 4. The molecule has 0 spiro atoms. The second-order valence-electron chi connectivity index (χ2n) is 8.56. The number of carboxylic acid groups (broad SMARTS) is 1. The fourth-order valence-corrected chi connectivity index (χ4v) is 4.59. The van der Waals surface area contributed by atoms with Crippen LogP contribution in [0.1, 0.15) is 29.9 Å². The van der Waals surface area contributed by atoms with Gasteiger partial charge in [-0.3, -0.25) is 9.59 Å². The smallest absolute Gasteiger partial charge is 0.407 e. The molecule has 7 nitrogen and oxygen atoms in total. The zero-order valence-corrected chi connectivity index (χ0v) is 17.0. The highest BCUT2D eigenvalue weighted by atomic mass is 16.5. The molecule has 1 saturated heterocycles. The minimum Gasteiger partial charge on any atom is -0.481 e. The Morgan fingerprint density at radius 2 is 1.58 bits per heavy atom. The number of ether oxygens (including phenoxy) is 1. The quantitative estimate of drug-likeness (QED) is 0.749. The summed E-state index contributed by atoms with van der Waals surface area (Å²) in [5.41, 5.74) is 4.58. The number of rotatable bonds is 6. The third-order valence-electron chi connectivity index (χ3n) is 6.52. The van der Waals surface area contributed by atoms with Crippen molar-refractivity contribution in [3.05, 3.63) is 59.7 Å². The van der Waals surface area contributed by atoms with Gasteiger partial charge in [0, 0.05) is 19.0 Å². The van der Waals surface area contributed by atoms with E-state index in [1.165, 1.54) is 4.90 Å². The molecule has 1 unspecified atom stereocenters. The van der Waals surface area contributed by atoms with E-state index in [0.29, 0.717) is 0 Å². The number of carbonyl (C=O) groups is 3. The maximum absolute atomic E-state index is 12.8. The number of hydrogen-bond donors (Lipinski definition) is 2. The number of likely N-dealkylation sites (tertiary alicyclic amines) is 1. The van der Waals surface area contributed by atoms with Crippen molar-refractivity contribution in [1.82, 2.24) is 10.2 Å². The van der Waals surface area contributed by atoms with E-state index < -0.39 is 24.0 Å². The first kappa shape index (κ1) is 19.6. The highest BCUT2D eigenvalue weighted by Crippen LogP contribution is 2.44. The van der Waals surface area contributed by atoms with Crippen molar-refractivity contribution in [3.8, 4) is 11.1 Å². The summed E-state index contributed by atoms with van der Waals surface area (Å²) in [6, 6.07) is 15.6. The van der Waals surface area contributed by atoms with E-state index in [1.54, 1.807) is 0 Å². The molecule has 7 heteroatoms. The van der Waals surface area contributed by atoms with Crippen molar-refractivity contribution in [2.75, 3.05) is 19.7 Å². The van der Waals surface area contributed by atoms with Gasteiger partial charge in [0.05, 0.1) is 5.92 Å². The lowest BCUT2D eigenvalue weighted by atomic mass is 9.98. The molecular weight excluding hydrogens is 396 g/mol. The molecule has 3 aliphatic rings. The Morgan fingerprint density at radius 3 is 2.13 bits per heavy atom. The Hall–Kier alpha value is -3.35. The molecule has 31 heavy (non-hydrogen) atoms. The number of amides is 2. The van der Waals surface area contributed by atoms with Crippen LogP contribution < -0.4 is 5.32 Å². The van der Waals surface area contributed by atoms with Gasteiger partial charge >= 0.3 is 12.1 Å². The van der Waals surface area contributed by atoms with Crippen LogP contribution in [0.25, 0.3) is 11.1 Å². The molecular formula is C24H24N2O5. The molecule has 0 radical (unpaired) electrons. The van der Waals surface area contributed by atoms with Crippen LogP contribution in [0.4, 0.5) is 4.79 Å². The Bertz CT molecular complexity index is 996. The Morgan fingerprint density at radius 1 is 1.00 bits per heavy atom. The molecule has 2 aromatic carbocycles. The molecule has 1 saturated carbocycles. The Balaban J connectivity index is 1.23. The standard InChI is InChI=1S/C24H24N2O5/c27-22(26-11-15(12-26)23(28)29)21(14-9-10-14)25-24(30)31-13-20-18-7-3-1-5-16(18)17-6-2-4-8-19(17)20/h1-8,14-15,20-21H,9-13H2,(H,25,30)(H,28,29). The number of nitrogens with zero attached hydrogens (tertiary/aromatic N) is 1. The topological polar surface area (TPSA) is 95.9 Å². The molecule has 1 heterocycles. The lowest BCUT2D eigenvalue weighted by Gasteiger charge is -2.38. The Labute approximate surface area is 180 Å². The maximum Gasteiger partial charge on any atom is 0.407 e. The summed E-state index contributed by atoms with van der Waals surface area (Å²) in [4.78, 5) is 37.8. The van der Waals surface area contributed by atoms with Gasteiger partial charge in [-0.1, -0.05) is 48.5 Å². The number of fused-ring (bicyclic) bond motifs is 3. The number of alkyl carbamates (subject to hydrolysis) is 1. The van der Waals surface area contributed by atoms with Crippen molar-refractivity contribution in [2.24, 2.45) is 11.8 Å². The fourth-order valence-electron chi connectivity index (χ4n) is 4.59. The third-order valence-corrected chi connectivity index (χ3v) is 6.52. The van der Waals surface area contributed by atoms with Crippen LogP contribution in [-0.2, 0) is 14.3 Å². The van der Waals surface area contributed by atoms with Crippen LogP contribution in [0.5, 0.6) is 0 Å². The summed E-state index contributed by atoms with van der Waals surface area (Å²) in [7, 11) is 0. The molecule has 1 aliphatic heterocycles. The molecule has 2 aliphatic carbocycles. The largest absolute Gasteiger partial charge is 0.481 e. The van der Waals surface area contributed by atoms with Crippen molar-refractivity contribution >= 4 is 18.0 Å². The van der Waals surface area contributed by atoms with E-state index in [4.69, 9.17) is 9.84 Å². The minimum absolute atomic E-state index is 0.0417. The van der Waals surface area contributed by atoms with Gasteiger partial charge in [0.15, 0.2) is 0 Å². The number of nitrogens with one attached hydrogen (secondary N) is 1. The van der Waals surface area contributed by atoms with Crippen LogP contribution in [0.3, 0.4) is 0 Å². The second-order valence-corrected chi connectivity index (χ2v) is 8.56. The van der Waals surface area contributed by atoms with E-state index in [-0.39, 0.29) is 37.4 Å². The number of carboxylic acids is 1. The summed E-state index contributed by atoms with van der Waals surface area (Å²) in [5.74, 6) is -1.57. The van der Waals surface area contributed by atoms with E-state index in [1.807, 2.05) is 24.3 Å². The molecule has 2 fully saturated rings. The maximum atomic E-state index is 12.8. The average molecular weight is 420 g/mol. The predicted octanol–water partition coefficient (Wildman–Crippen LogP) is 2.85. The van der Waals surface area contributed by atoms with E-state index in [0.717, 1.165) is 35.1 Å². The monoisotopic (exact) mass is 420 g/mol. The fraction of sp³-hybridized carbons (Fsp3) is 0.375. The first-order valence-electron chi connectivity index (χ1n) is 10.7. The van der Waals surface area contributed by atoms with Gasteiger partial charge in [0.25, 0.3) is 0 Å². The lowest BCUT2D eigenvalue weighted by molar-refractivity contribution is -0.153. The summed E-state index contributed by atoms with van der Waals surface area (Å²) in [6.45, 7) is 0.587. The minimum atomic E-state index is -0.892. The van der Waals surface area contributed by atoms with Crippen LogP contribution in [0.2, 0.25) is 0 Å². The van der Waals surface area contributed by atoms with Gasteiger partial charge in [0.2, 0.25) is 5.91 Å². The zero-order valence-electron chi connectivity index (χ0n) is 17.0. The van der Waals surface area contributed by atoms with Gasteiger partial charge in [-0.05, 0) is 41.0 Å². The molecule has 0 aromatic heterocycles. The van der Waals surface area contributed by atoms with Gasteiger partial charge in [-0.15, -0.1) is 0 Å². The molecule has 2 N–H and O–H groups in total. The van der Waals surface area contributed by atoms with E-state index in [9.17, 15) is 14.4 Å². The highest BCUT2D eigenvalue weighted by molar-refractivity contribution is 5.88. The van der Waals surface area contributed by atoms with Crippen molar-refractivity contribution in [3.63, 3.8) is 0 Å². The van der Waals surface area contributed by atoms with Gasteiger partial charge in [0.1, 0.15) is 12.6 Å². The molecule has 2 amide bonds. The molecule has 5 rings (SSSR count). The first-order valence-corrected chi connectivity index (χ1v) is 10.7. The summed E-state index contributed by atoms with van der Waals surface area (Å²) < 4.78 is 5.57. The van der Waals surface area contributed by atoms with Crippen LogP contribution in [0, 0.1) is 11.8 Å². The van der Waals surface area contributed by atoms with Gasteiger partial charge in [-0.25, -0.2) is 4.79 Å². The third kappa shape index (κ3) is 3.65. The number of benzene rings is 2. The summed E-state index contributed by atoms with van der Waals surface area (Å²) in [5, 5.41) is 11.8. The molecule has 0 bridgehead atoms. The van der Waals surface area contributed by atoms with E-state index in [2.05, 4.69) is 29.6 Å². The highest BCUT2D eigenvalue weighted by Gasteiger charge is 2.44. The zero-order chi connectivity index (χ0) is 21.5. The average Bonchev–Trinajstić information content (AvgIpc) is 3.52. The van der Waals surface area contributed by atoms with Crippen molar-refractivity contribution < 1.29 is 24.2 Å². The normalized spacial score (nSPS) is 18.5. The van der Waals surface area contributed by atoms with Crippen LogP contribution >= 0.6 is 0 Å². The van der Waals surface area contributed by atoms with Crippen molar-refractivity contribution in [2.45, 2.75) is 24.8 Å². The molecule has 1 atom stereocenters. The van der Waals surface area contributed by atoms with Crippen LogP contribution in [-0.4, -0.2) is 53.7 Å². The van der Waals surface area contributed by atoms with E-state index >= 15 is 0 Å². The molecule has 2 aromatic rings. The second kappa shape index (κ2) is 7.72. The summed E-state index contributed by atoms with van der Waals surface area (Å²) in [6.07, 6.45) is 1.13. The number of aliphatic carboxylic acids is 1. The number of carbonyl (C=O) groups excluding carboxylic acids is 2. The molecule has 160 valence electrons. The van der Waals surface area contributed by atoms with Gasteiger partial charge in [-0.2, -0.15) is 0 Å². The Kier molecular flexibility index (Phi) is 4.88. The van der Waals surface area contributed by atoms with Crippen LogP contribution in [0.15, 0.2) is 48.5 Å². The van der Waals surface area contributed by atoms with Crippen molar-refractivity contribution in [1.29, 1.82) is 0 Å². The van der Waals surface area contributed by atoms with Gasteiger partial charge < -0.3 is 20.1 Å².